The molecule has 0 aliphatic heterocycles. The SMILES string of the molecule is CC(C)Cc1ccc(C(C)C(=O)NN=Cc2ccc([N+](=O)[O-])cc2)cc1. The molecule has 26 heavy (non-hydrogen) atoms. The van der Waals surface area contributed by atoms with Gasteiger partial charge in [0.25, 0.3) is 5.69 Å². The Morgan fingerprint density at radius 2 is 1.73 bits per heavy atom. The fraction of sp³-hybridized carbons (Fsp3) is 0.300. The third kappa shape index (κ3) is 5.51. The summed E-state index contributed by atoms with van der Waals surface area (Å²) in [6, 6.07) is 14.0. The zero-order valence-corrected chi connectivity index (χ0v) is 15.2. The summed E-state index contributed by atoms with van der Waals surface area (Å²) in [5.74, 6) is 0.0622. The van der Waals surface area contributed by atoms with Gasteiger partial charge >= 0.3 is 0 Å². The first-order valence-corrected chi connectivity index (χ1v) is 8.53. The van der Waals surface area contributed by atoms with E-state index in [4.69, 9.17) is 0 Å². The van der Waals surface area contributed by atoms with Gasteiger partial charge in [0, 0.05) is 12.1 Å². The highest BCUT2D eigenvalue weighted by Crippen LogP contribution is 2.17. The fourth-order valence-electron chi connectivity index (χ4n) is 2.51. The molecule has 0 spiro atoms. The van der Waals surface area contributed by atoms with Gasteiger partial charge in [0.2, 0.25) is 5.91 Å². The van der Waals surface area contributed by atoms with E-state index in [2.05, 4.69) is 36.5 Å². The predicted molar refractivity (Wildman–Crippen MR) is 102 cm³/mol. The summed E-state index contributed by atoms with van der Waals surface area (Å²) >= 11 is 0. The molecule has 2 aromatic rings. The maximum atomic E-state index is 12.2. The highest BCUT2D eigenvalue weighted by atomic mass is 16.6. The third-order valence-corrected chi connectivity index (χ3v) is 4.01. The van der Waals surface area contributed by atoms with Crippen molar-refractivity contribution in [1.82, 2.24) is 5.43 Å². The van der Waals surface area contributed by atoms with Gasteiger partial charge in [0.05, 0.1) is 17.1 Å². The minimum atomic E-state index is -0.461. The van der Waals surface area contributed by atoms with Crippen LogP contribution in [0.5, 0.6) is 0 Å². The topological polar surface area (TPSA) is 84.6 Å². The molecular formula is C20H23N3O3. The highest BCUT2D eigenvalue weighted by Gasteiger charge is 2.14. The van der Waals surface area contributed by atoms with E-state index < -0.39 is 4.92 Å². The van der Waals surface area contributed by atoms with Crippen LogP contribution in [0.15, 0.2) is 53.6 Å². The van der Waals surface area contributed by atoms with E-state index >= 15 is 0 Å². The van der Waals surface area contributed by atoms with E-state index in [-0.39, 0.29) is 17.5 Å². The Bertz CT molecular complexity index is 781. The van der Waals surface area contributed by atoms with E-state index in [1.807, 2.05) is 19.1 Å². The molecule has 0 radical (unpaired) electrons. The average molecular weight is 353 g/mol. The molecule has 2 aromatic carbocycles. The van der Waals surface area contributed by atoms with Gasteiger partial charge < -0.3 is 0 Å². The lowest BCUT2D eigenvalue weighted by Crippen LogP contribution is -2.23. The van der Waals surface area contributed by atoms with Crippen molar-refractivity contribution in [2.24, 2.45) is 11.0 Å². The summed E-state index contributed by atoms with van der Waals surface area (Å²) in [5.41, 5.74) is 5.38. The number of nitro groups is 1. The van der Waals surface area contributed by atoms with Crippen molar-refractivity contribution in [2.75, 3.05) is 0 Å². The molecule has 1 atom stereocenters. The fourth-order valence-corrected chi connectivity index (χ4v) is 2.51. The molecule has 1 unspecified atom stereocenters. The summed E-state index contributed by atoms with van der Waals surface area (Å²) in [4.78, 5) is 22.4. The number of carbonyl (C=O) groups is 1. The lowest BCUT2D eigenvalue weighted by molar-refractivity contribution is -0.384. The molecule has 2 rings (SSSR count). The van der Waals surface area contributed by atoms with Crippen molar-refractivity contribution in [1.29, 1.82) is 0 Å². The Balaban J connectivity index is 1.93. The number of benzene rings is 2. The van der Waals surface area contributed by atoms with Crippen LogP contribution in [-0.2, 0) is 11.2 Å². The molecule has 0 aliphatic carbocycles. The van der Waals surface area contributed by atoms with Crippen LogP contribution in [0.25, 0.3) is 0 Å². The van der Waals surface area contributed by atoms with Crippen molar-refractivity contribution in [3.63, 3.8) is 0 Å². The molecule has 0 aliphatic rings. The van der Waals surface area contributed by atoms with Crippen molar-refractivity contribution in [3.05, 3.63) is 75.3 Å². The number of hydrogen-bond donors (Lipinski definition) is 1. The Labute approximate surface area is 153 Å². The summed E-state index contributed by atoms with van der Waals surface area (Å²) in [7, 11) is 0. The number of nitrogens with zero attached hydrogens (tertiary/aromatic N) is 2. The first-order valence-electron chi connectivity index (χ1n) is 8.53. The monoisotopic (exact) mass is 353 g/mol. The molecular weight excluding hydrogens is 330 g/mol. The van der Waals surface area contributed by atoms with E-state index in [0.717, 1.165) is 12.0 Å². The number of nitro benzene ring substituents is 1. The minimum absolute atomic E-state index is 0.0146. The van der Waals surface area contributed by atoms with Gasteiger partial charge in [-0.15, -0.1) is 0 Å². The summed E-state index contributed by atoms with van der Waals surface area (Å²) in [6.45, 7) is 6.17. The molecule has 136 valence electrons. The number of non-ortho nitro benzene ring substituents is 1. The number of carbonyl (C=O) groups excluding carboxylic acids is 1. The lowest BCUT2D eigenvalue weighted by Gasteiger charge is -2.11. The van der Waals surface area contributed by atoms with Gasteiger partial charge in [0.15, 0.2) is 0 Å². The van der Waals surface area contributed by atoms with Crippen molar-refractivity contribution < 1.29 is 9.72 Å². The van der Waals surface area contributed by atoms with E-state index in [1.54, 1.807) is 12.1 Å². The molecule has 0 saturated carbocycles. The Kier molecular flexibility index (Phi) is 6.60. The quantitative estimate of drug-likeness (QED) is 0.463. The average Bonchev–Trinajstić information content (AvgIpc) is 2.61. The second kappa shape index (κ2) is 8.89. The van der Waals surface area contributed by atoms with Crippen LogP contribution in [0, 0.1) is 16.0 Å². The molecule has 6 heteroatoms. The number of hydrazone groups is 1. The zero-order chi connectivity index (χ0) is 19.1. The van der Waals surface area contributed by atoms with Gasteiger partial charge in [-0.1, -0.05) is 38.1 Å². The molecule has 0 saturated heterocycles. The maximum absolute atomic E-state index is 12.2. The second-order valence-corrected chi connectivity index (χ2v) is 6.64. The number of amides is 1. The van der Waals surface area contributed by atoms with Crippen LogP contribution in [0.2, 0.25) is 0 Å². The lowest BCUT2D eigenvalue weighted by atomic mass is 9.96. The first kappa shape index (κ1) is 19.3. The standard InChI is InChI=1S/C20H23N3O3/c1-14(2)12-16-4-8-18(9-5-16)15(3)20(24)22-21-13-17-6-10-19(11-7-17)23(25)26/h4-11,13-15H,12H2,1-3H3,(H,22,24). The number of hydrogen-bond acceptors (Lipinski definition) is 4. The maximum Gasteiger partial charge on any atom is 0.269 e. The molecule has 6 nitrogen and oxygen atoms in total. The van der Waals surface area contributed by atoms with Gasteiger partial charge in [0.1, 0.15) is 0 Å². The van der Waals surface area contributed by atoms with E-state index in [1.165, 1.54) is 23.9 Å². The highest BCUT2D eigenvalue weighted by molar-refractivity contribution is 5.85. The van der Waals surface area contributed by atoms with Crippen LogP contribution in [0.3, 0.4) is 0 Å². The third-order valence-electron chi connectivity index (χ3n) is 4.01. The number of rotatable bonds is 7. The van der Waals surface area contributed by atoms with Crippen LogP contribution in [-0.4, -0.2) is 17.0 Å². The predicted octanol–water partition coefficient (Wildman–Crippen LogP) is 4.05. The molecule has 0 heterocycles. The van der Waals surface area contributed by atoms with E-state index in [9.17, 15) is 14.9 Å². The van der Waals surface area contributed by atoms with Crippen LogP contribution >= 0.6 is 0 Å². The van der Waals surface area contributed by atoms with Gasteiger partial charge in [-0.2, -0.15) is 5.10 Å². The first-order chi connectivity index (χ1) is 12.4. The Hall–Kier alpha value is -3.02. The molecule has 0 bridgehead atoms. The van der Waals surface area contributed by atoms with Gasteiger partial charge in [-0.05, 0) is 48.1 Å². The van der Waals surface area contributed by atoms with Crippen molar-refractivity contribution in [3.8, 4) is 0 Å². The summed E-state index contributed by atoms with van der Waals surface area (Å²) in [5, 5.41) is 14.5. The zero-order valence-electron chi connectivity index (χ0n) is 15.2. The van der Waals surface area contributed by atoms with Gasteiger partial charge in [-0.25, -0.2) is 5.43 Å². The smallest absolute Gasteiger partial charge is 0.269 e. The molecule has 0 aromatic heterocycles. The summed E-state index contributed by atoms with van der Waals surface area (Å²) < 4.78 is 0. The van der Waals surface area contributed by atoms with Crippen LogP contribution in [0.1, 0.15) is 43.4 Å². The Morgan fingerprint density at radius 1 is 1.12 bits per heavy atom. The van der Waals surface area contributed by atoms with Crippen LogP contribution < -0.4 is 5.43 Å². The van der Waals surface area contributed by atoms with E-state index in [0.29, 0.717) is 11.5 Å². The largest absolute Gasteiger partial charge is 0.272 e. The molecule has 1 amide bonds. The molecule has 1 N–H and O–H groups in total. The van der Waals surface area contributed by atoms with Crippen molar-refractivity contribution >= 4 is 17.8 Å². The Morgan fingerprint density at radius 3 is 2.27 bits per heavy atom. The minimum Gasteiger partial charge on any atom is -0.272 e. The summed E-state index contributed by atoms with van der Waals surface area (Å²) in [6.07, 6.45) is 2.47. The normalized spacial score (nSPS) is 12.3. The second-order valence-electron chi connectivity index (χ2n) is 6.64. The van der Waals surface area contributed by atoms with Crippen molar-refractivity contribution in [2.45, 2.75) is 33.1 Å². The number of nitrogens with one attached hydrogen (secondary N) is 1. The van der Waals surface area contributed by atoms with Crippen LogP contribution in [0.4, 0.5) is 5.69 Å². The van der Waals surface area contributed by atoms with Gasteiger partial charge in [-0.3, -0.25) is 14.9 Å². The molecule has 0 fully saturated rings.